The van der Waals surface area contributed by atoms with Gasteiger partial charge in [-0.1, -0.05) is 18.2 Å². The number of hydrogen-bond acceptors (Lipinski definition) is 5. The fourth-order valence-electron chi connectivity index (χ4n) is 1.88. The zero-order chi connectivity index (χ0) is 14.7. The molecule has 0 radical (unpaired) electrons. The Morgan fingerprint density at radius 1 is 1.40 bits per heavy atom. The molecule has 0 spiro atoms. The number of aromatic nitrogens is 2. The summed E-state index contributed by atoms with van der Waals surface area (Å²) in [6.07, 6.45) is 1.60. The third kappa shape index (κ3) is 2.88. The summed E-state index contributed by atoms with van der Waals surface area (Å²) in [5, 5.41) is 0. The number of nitrogen functional groups attached to an aromatic ring is 1. The van der Waals surface area contributed by atoms with Crippen molar-refractivity contribution in [2.75, 3.05) is 17.4 Å². The summed E-state index contributed by atoms with van der Waals surface area (Å²) >= 11 is 3.39. The Bertz CT molecular complexity index is 607. The monoisotopic (exact) mass is 339 g/mol. The highest BCUT2D eigenvalue weighted by atomic mass is 79.9. The van der Waals surface area contributed by atoms with Crippen molar-refractivity contribution >= 4 is 27.7 Å². The average molecular weight is 340 g/mol. The molecule has 0 saturated carbocycles. The van der Waals surface area contributed by atoms with Crippen molar-refractivity contribution in [2.45, 2.75) is 13.0 Å². The maximum absolute atomic E-state index is 13.9. The van der Waals surface area contributed by atoms with Gasteiger partial charge in [0.2, 0.25) is 5.95 Å². The van der Waals surface area contributed by atoms with Crippen molar-refractivity contribution in [3.63, 3.8) is 0 Å². The van der Waals surface area contributed by atoms with Crippen LogP contribution in [0.4, 0.5) is 16.2 Å². The van der Waals surface area contributed by atoms with Crippen LogP contribution in [0.2, 0.25) is 0 Å². The first-order valence-corrected chi connectivity index (χ1v) is 6.80. The third-order valence-corrected chi connectivity index (χ3v) is 3.68. The van der Waals surface area contributed by atoms with Crippen LogP contribution < -0.4 is 16.2 Å². The minimum absolute atomic E-state index is 0.187. The Balaban J connectivity index is 2.36. The molecule has 1 atom stereocenters. The van der Waals surface area contributed by atoms with E-state index >= 15 is 0 Å². The van der Waals surface area contributed by atoms with Crippen LogP contribution in [0.1, 0.15) is 18.5 Å². The smallest absolute Gasteiger partial charge is 0.239 e. The topological polar surface area (TPSA) is 67.1 Å². The molecule has 0 aliphatic rings. The molecule has 0 fully saturated rings. The summed E-state index contributed by atoms with van der Waals surface area (Å²) in [7, 11) is 1.84. The van der Waals surface area contributed by atoms with Crippen LogP contribution in [-0.2, 0) is 0 Å². The van der Waals surface area contributed by atoms with Gasteiger partial charge in [0.1, 0.15) is 11.6 Å². The number of hydrogen-bond donors (Lipinski definition) is 2. The maximum Gasteiger partial charge on any atom is 0.239 e. The summed E-state index contributed by atoms with van der Waals surface area (Å²) in [4.78, 5) is 10.1. The van der Waals surface area contributed by atoms with E-state index in [9.17, 15) is 4.39 Å². The van der Waals surface area contributed by atoms with Gasteiger partial charge in [-0.25, -0.2) is 15.2 Å². The van der Waals surface area contributed by atoms with Crippen LogP contribution in [0.3, 0.4) is 0 Å². The Morgan fingerprint density at radius 3 is 2.75 bits per heavy atom. The van der Waals surface area contributed by atoms with E-state index < -0.39 is 0 Å². The molecule has 7 heteroatoms. The first kappa shape index (κ1) is 14.7. The van der Waals surface area contributed by atoms with E-state index in [-0.39, 0.29) is 11.9 Å². The van der Waals surface area contributed by atoms with Gasteiger partial charge >= 0.3 is 0 Å². The number of anilines is 2. The van der Waals surface area contributed by atoms with Crippen LogP contribution in [-0.4, -0.2) is 17.0 Å². The lowest BCUT2D eigenvalue weighted by atomic mass is 10.1. The lowest BCUT2D eigenvalue weighted by Gasteiger charge is -2.27. The first-order chi connectivity index (χ1) is 9.54. The number of halogens is 2. The second-order valence-corrected chi connectivity index (χ2v) is 5.17. The Kier molecular flexibility index (Phi) is 4.51. The van der Waals surface area contributed by atoms with E-state index in [1.54, 1.807) is 18.3 Å². The molecule has 0 saturated heterocycles. The molecule has 20 heavy (non-hydrogen) atoms. The third-order valence-electron chi connectivity index (χ3n) is 3.13. The summed E-state index contributed by atoms with van der Waals surface area (Å²) in [5.41, 5.74) is 3.00. The molecule has 1 aromatic carbocycles. The van der Waals surface area contributed by atoms with Crippen molar-refractivity contribution in [3.05, 3.63) is 46.3 Å². The molecule has 0 aliphatic heterocycles. The maximum atomic E-state index is 13.9. The molecule has 106 valence electrons. The largest absolute Gasteiger partial charge is 0.352 e. The minimum atomic E-state index is -0.241. The predicted octanol–water partition coefficient (Wildman–Crippen LogP) is 2.86. The molecular weight excluding hydrogens is 325 g/mol. The van der Waals surface area contributed by atoms with Gasteiger partial charge in [0.25, 0.3) is 0 Å². The molecular formula is C13H15BrFN5. The molecule has 1 heterocycles. The van der Waals surface area contributed by atoms with Crippen LogP contribution >= 0.6 is 15.9 Å². The normalized spacial score (nSPS) is 12.1. The zero-order valence-corrected chi connectivity index (χ0v) is 12.7. The SMILES string of the molecule is CC(c1ccccc1F)N(C)c1nc(NN)ncc1Br. The highest BCUT2D eigenvalue weighted by Gasteiger charge is 2.19. The second kappa shape index (κ2) is 6.15. The predicted molar refractivity (Wildman–Crippen MR) is 80.8 cm³/mol. The number of rotatable bonds is 4. The van der Waals surface area contributed by atoms with Gasteiger partial charge in [0, 0.05) is 18.8 Å². The lowest BCUT2D eigenvalue weighted by molar-refractivity contribution is 0.584. The Labute approximate surface area is 125 Å². The van der Waals surface area contributed by atoms with Gasteiger partial charge in [-0.2, -0.15) is 4.98 Å². The highest BCUT2D eigenvalue weighted by molar-refractivity contribution is 9.10. The van der Waals surface area contributed by atoms with Crippen LogP contribution in [0.5, 0.6) is 0 Å². The number of nitrogens with two attached hydrogens (primary N) is 1. The van der Waals surface area contributed by atoms with Gasteiger partial charge in [0.05, 0.1) is 10.5 Å². The molecule has 0 bridgehead atoms. The van der Waals surface area contributed by atoms with Crippen LogP contribution in [0.25, 0.3) is 0 Å². The summed E-state index contributed by atoms with van der Waals surface area (Å²) < 4.78 is 14.6. The van der Waals surface area contributed by atoms with Gasteiger partial charge in [0.15, 0.2) is 0 Å². The molecule has 2 aromatic rings. The van der Waals surface area contributed by atoms with E-state index in [0.29, 0.717) is 21.8 Å². The standard InChI is InChI=1S/C13H15BrFN5/c1-8(9-5-3-4-6-11(9)15)20(2)12-10(14)7-17-13(18-12)19-16/h3-8H,16H2,1-2H3,(H,17,18,19). The first-order valence-electron chi connectivity index (χ1n) is 6.01. The van der Waals surface area contributed by atoms with Crippen molar-refractivity contribution in [2.24, 2.45) is 5.84 Å². The van der Waals surface area contributed by atoms with E-state index in [0.717, 1.165) is 0 Å². The lowest BCUT2D eigenvalue weighted by Crippen LogP contribution is -2.24. The van der Waals surface area contributed by atoms with E-state index in [1.165, 1.54) is 6.07 Å². The molecule has 1 unspecified atom stereocenters. The summed E-state index contributed by atoms with van der Waals surface area (Å²) in [6.45, 7) is 1.91. The number of benzene rings is 1. The summed E-state index contributed by atoms with van der Waals surface area (Å²) in [5.74, 6) is 6.00. The van der Waals surface area contributed by atoms with Crippen molar-refractivity contribution in [1.82, 2.24) is 9.97 Å². The van der Waals surface area contributed by atoms with E-state index in [2.05, 4.69) is 31.3 Å². The Hall–Kier alpha value is -1.73. The number of nitrogens with zero attached hydrogens (tertiary/aromatic N) is 3. The Morgan fingerprint density at radius 2 is 2.10 bits per heavy atom. The molecule has 1 aromatic heterocycles. The summed E-state index contributed by atoms with van der Waals surface area (Å²) in [6, 6.07) is 6.50. The van der Waals surface area contributed by atoms with E-state index in [4.69, 9.17) is 5.84 Å². The minimum Gasteiger partial charge on any atom is -0.352 e. The molecule has 3 N–H and O–H groups in total. The van der Waals surface area contributed by atoms with Crippen LogP contribution in [0.15, 0.2) is 34.9 Å². The van der Waals surface area contributed by atoms with Crippen molar-refractivity contribution < 1.29 is 4.39 Å². The highest BCUT2D eigenvalue weighted by Crippen LogP contribution is 2.30. The fraction of sp³-hybridized carbons (Fsp3) is 0.231. The molecule has 5 nitrogen and oxygen atoms in total. The van der Waals surface area contributed by atoms with Gasteiger partial charge in [-0.15, -0.1) is 0 Å². The number of hydrazine groups is 1. The van der Waals surface area contributed by atoms with Crippen molar-refractivity contribution in [3.8, 4) is 0 Å². The van der Waals surface area contributed by atoms with Gasteiger partial charge in [-0.05, 0) is 28.9 Å². The molecule has 2 rings (SSSR count). The number of nitrogens with one attached hydrogen (secondary N) is 1. The van der Waals surface area contributed by atoms with Crippen molar-refractivity contribution in [1.29, 1.82) is 0 Å². The fourth-order valence-corrected chi connectivity index (χ4v) is 2.35. The van der Waals surface area contributed by atoms with E-state index in [1.807, 2.05) is 24.9 Å². The molecule has 0 amide bonds. The molecule has 0 aliphatic carbocycles. The quantitative estimate of drug-likeness (QED) is 0.662. The zero-order valence-electron chi connectivity index (χ0n) is 11.1. The van der Waals surface area contributed by atoms with Gasteiger partial charge < -0.3 is 4.90 Å². The van der Waals surface area contributed by atoms with Crippen LogP contribution in [0, 0.1) is 5.82 Å². The van der Waals surface area contributed by atoms with Gasteiger partial charge in [-0.3, -0.25) is 5.43 Å². The second-order valence-electron chi connectivity index (χ2n) is 4.32. The average Bonchev–Trinajstić information content (AvgIpc) is 2.47.